The molecule has 0 radical (unpaired) electrons. The first kappa shape index (κ1) is 78.7. The molecule has 4 saturated heterocycles. The van der Waals surface area contributed by atoms with Gasteiger partial charge in [0.1, 0.15) is 26.2 Å². The van der Waals surface area contributed by atoms with Crippen molar-refractivity contribution in [2.24, 2.45) is 5.73 Å². The van der Waals surface area contributed by atoms with Crippen LogP contribution in [0.4, 0.5) is 0 Å². The Labute approximate surface area is 538 Å². The molecule has 25 nitrogen and oxygen atoms in total. The van der Waals surface area contributed by atoms with E-state index in [1.165, 1.54) is 39.2 Å². The summed E-state index contributed by atoms with van der Waals surface area (Å²) in [5.74, 6) is -4.94. The highest BCUT2D eigenvalue weighted by Gasteiger charge is 2.38. The van der Waals surface area contributed by atoms with Crippen LogP contribution in [0.25, 0.3) is 0 Å². The van der Waals surface area contributed by atoms with E-state index in [2.05, 4.69) is 5.32 Å². The van der Waals surface area contributed by atoms with Crippen molar-refractivity contribution in [3.63, 3.8) is 0 Å². The van der Waals surface area contributed by atoms with Gasteiger partial charge in [0.15, 0.2) is 0 Å². The molecular weight excluding hydrogens is 1160 g/mol. The highest BCUT2D eigenvalue weighted by Crippen LogP contribution is 2.21. The quantitative estimate of drug-likeness (QED) is 0.0886. The predicted octanol–water partition coefficient (Wildman–Crippen LogP) is 3.66. The lowest BCUT2D eigenvalue weighted by molar-refractivity contribution is -0.152. The standard InChI is InChI=1S/C64H113N11O14.CH4/c1-13-45(7)66-31-56(77)72(47(9)15-3)41-59(80)67(32-51-23-19-27-86-51)37-57(78)70(35-54-26-22-30-89-54)40-62(83)75(50(12)18-6)44-64(85)73(48(10)16-4)42-60(81)68(33-52-24-20-28-87-52)38-58(79)69(34-53-25-21-29-88-53)39-61(82)74(49(11)17-5)43-63(84)71(36-55(65)76)46(8)14-2;/h45-54,66H,13-44H2,1-12H3,(H2,65,76);1H4. The predicted molar refractivity (Wildman–Crippen MR) is 343 cm³/mol. The maximum absolute atomic E-state index is 15.0. The van der Waals surface area contributed by atoms with E-state index in [0.29, 0.717) is 84.2 Å². The maximum atomic E-state index is 15.0. The third-order valence-electron chi connectivity index (χ3n) is 18.5. The summed E-state index contributed by atoms with van der Waals surface area (Å²) >= 11 is 0. The van der Waals surface area contributed by atoms with Gasteiger partial charge in [0.05, 0.1) is 63.7 Å². The summed E-state index contributed by atoms with van der Waals surface area (Å²) in [7, 11) is 0. The Hall–Kier alpha value is -5.50. The molecule has 90 heavy (non-hydrogen) atoms. The largest absolute Gasteiger partial charge is 0.376 e. The van der Waals surface area contributed by atoms with Crippen molar-refractivity contribution in [3.8, 4) is 0 Å². The van der Waals surface area contributed by atoms with Crippen LogP contribution in [0.5, 0.6) is 0 Å². The lowest BCUT2D eigenvalue weighted by Gasteiger charge is -2.37. The molecule has 0 aliphatic carbocycles. The Morgan fingerprint density at radius 3 is 0.833 bits per heavy atom. The monoisotopic (exact) mass is 1280 g/mol. The molecule has 0 saturated carbocycles. The summed E-state index contributed by atoms with van der Waals surface area (Å²) in [6, 6.07) is -1.92. The number of hydrogen-bond donors (Lipinski definition) is 2. The van der Waals surface area contributed by atoms with Crippen LogP contribution >= 0.6 is 0 Å². The first-order chi connectivity index (χ1) is 42.4. The van der Waals surface area contributed by atoms with Gasteiger partial charge in [-0.3, -0.25) is 47.9 Å². The first-order valence-electron chi connectivity index (χ1n) is 33.4. The molecule has 4 heterocycles. The van der Waals surface area contributed by atoms with Crippen molar-refractivity contribution in [2.45, 2.75) is 241 Å². The van der Waals surface area contributed by atoms with Gasteiger partial charge < -0.3 is 74.1 Å². The first-order valence-corrected chi connectivity index (χ1v) is 33.4. The second-order valence-electron chi connectivity index (χ2n) is 25.2. The van der Waals surface area contributed by atoms with Crippen LogP contribution in [0.3, 0.4) is 0 Å². The van der Waals surface area contributed by atoms with Gasteiger partial charge in [0, 0.05) is 88.9 Å². The number of nitrogens with zero attached hydrogens (tertiary/aromatic N) is 9. The lowest BCUT2D eigenvalue weighted by atomic mass is 10.1. The van der Waals surface area contributed by atoms with E-state index in [4.69, 9.17) is 24.7 Å². The number of carbonyl (C=O) groups is 10. The smallest absolute Gasteiger partial charge is 0.242 e. The van der Waals surface area contributed by atoms with E-state index >= 15 is 0 Å². The van der Waals surface area contributed by atoms with Gasteiger partial charge in [-0.15, -0.1) is 0 Å². The molecular formula is C65H117N11O14. The molecule has 3 N–H and O–H groups in total. The van der Waals surface area contributed by atoms with Crippen LogP contribution < -0.4 is 11.1 Å². The Kier molecular flexibility index (Phi) is 35.4. The Bertz CT molecular complexity index is 2280. The molecule has 4 rings (SSSR count). The fourth-order valence-corrected chi connectivity index (χ4v) is 11.4. The molecule has 4 aliphatic heterocycles. The van der Waals surface area contributed by atoms with E-state index in [0.717, 1.165) is 32.1 Å². The number of rotatable bonds is 40. The molecule has 10 atom stereocenters. The molecule has 25 heteroatoms. The lowest BCUT2D eigenvalue weighted by Crippen LogP contribution is -2.56. The van der Waals surface area contributed by atoms with Crippen molar-refractivity contribution in [2.75, 3.05) is 118 Å². The van der Waals surface area contributed by atoms with Gasteiger partial charge in [0.2, 0.25) is 59.1 Å². The van der Waals surface area contributed by atoms with Crippen molar-refractivity contribution in [1.82, 2.24) is 49.4 Å². The van der Waals surface area contributed by atoms with Gasteiger partial charge in [0.25, 0.3) is 0 Å². The second-order valence-corrected chi connectivity index (χ2v) is 25.2. The van der Waals surface area contributed by atoms with Gasteiger partial charge >= 0.3 is 0 Å². The Morgan fingerprint density at radius 1 is 0.356 bits per heavy atom. The summed E-state index contributed by atoms with van der Waals surface area (Å²) in [6.45, 7) is 21.3. The normalized spacial score (nSPS) is 19.9. The minimum Gasteiger partial charge on any atom is -0.376 e. The fourth-order valence-electron chi connectivity index (χ4n) is 11.4. The zero-order chi connectivity index (χ0) is 65.9. The van der Waals surface area contributed by atoms with Crippen molar-refractivity contribution >= 4 is 59.1 Å². The molecule has 516 valence electrons. The van der Waals surface area contributed by atoms with Crippen LogP contribution in [0.15, 0.2) is 0 Å². The molecule has 0 bridgehead atoms. The van der Waals surface area contributed by atoms with Crippen molar-refractivity contribution in [1.29, 1.82) is 0 Å². The summed E-state index contributed by atoms with van der Waals surface area (Å²) in [6.07, 6.45) is 7.53. The molecule has 0 aromatic carbocycles. The van der Waals surface area contributed by atoms with Crippen LogP contribution in [-0.4, -0.2) is 282 Å². The van der Waals surface area contributed by atoms with E-state index in [9.17, 15) is 47.9 Å². The van der Waals surface area contributed by atoms with Crippen LogP contribution in [-0.2, 0) is 66.9 Å². The third kappa shape index (κ3) is 25.2. The van der Waals surface area contributed by atoms with Gasteiger partial charge in [-0.05, 0) is 131 Å². The summed E-state index contributed by atoms with van der Waals surface area (Å²) in [4.78, 5) is 156. The average Bonchev–Trinajstić information content (AvgIpc) is 2.12. The third-order valence-corrected chi connectivity index (χ3v) is 18.5. The zero-order valence-electron chi connectivity index (χ0n) is 56.2. The van der Waals surface area contributed by atoms with E-state index < -0.39 is 110 Å². The maximum Gasteiger partial charge on any atom is 0.242 e. The number of nitrogens with two attached hydrogens (primary N) is 1. The number of hydrogen-bond acceptors (Lipinski definition) is 15. The van der Waals surface area contributed by atoms with Gasteiger partial charge in [-0.1, -0.05) is 49.0 Å². The SMILES string of the molecule is C.CCC(C)NCC(=O)N(CC(=O)N(CC(=O)N(CC(=O)N(CC(=O)N(CC(=O)N(CC(=O)N(CC(=O)N(CC(=O)N(CC(N)=O)C(C)CC)C(C)CC)CC1CCCO1)CC1CCCO1)C(C)CC)C(C)CC)CC1CCCO1)CC1CCCO1)C(C)CC. The molecule has 0 aromatic rings. The van der Waals surface area contributed by atoms with Crippen LogP contribution in [0.2, 0.25) is 0 Å². The molecule has 0 spiro atoms. The molecule has 0 aromatic heterocycles. The fraction of sp³-hybridized carbons (Fsp3) is 0.846. The number of nitrogens with one attached hydrogen (secondary N) is 1. The molecule has 4 aliphatic rings. The van der Waals surface area contributed by atoms with Gasteiger partial charge in [-0.25, -0.2) is 0 Å². The topological polar surface area (TPSA) is 275 Å². The Morgan fingerprint density at radius 2 is 0.589 bits per heavy atom. The minimum absolute atomic E-state index is 0. The summed E-state index contributed by atoms with van der Waals surface area (Å²) in [5.41, 5.74) is 5.54. The average molecular weight is 1280 g/mol. The van der Waals surface area contributed by atoms with E-state index in [1.54, 1.807) is 11.8 Å². The molecule has 10 amide bonds. The number of carbonyl (C=O) groups excluding carboxylic acids is 10. The highest BCUT2D eigenvalue weighted by molar-refractivity contribution is 5.94. The van der Waals surface area contributed by atoms with Crippen LogP contribution in [0.1, 0.15) is 180 Å². The number of primary amides is 1. The number of amides is 10. The highest BCUT2D eigenvalue weighted by atomic mass is 16.5. The van der Waals surface area contributed by atoms with E-state index in [1.807, 2.05) is 76.2 Å². The second kappa shape index (κ2) is 40.5. The van der Waals surface area contributed by atoms with Gasteiger partial charge in [-0.2, -0.15) is 0 Å². The van der Waals surface area contributed by atoms with Crippen molar-refractivity contribution < 1.29 is 66.9 Å². The van der Waals surface area contributed by atoms with Crippen molar-refractivity contribution in [3.05, 3.63) is 0 Å². The summed E-state index contributed by atoms with van der Waals surface area (Å²) < 4.78 is 23.9. The Balaban J connectivity index is 0.0000212. The van der Waals surface area contributed by atoms with E-state index in [-0.39, 0.29) is 109 Å². The summed E-state index contributed by atoms with van der Waals surface area (Å²) in [5, 5.41) is 3.23. The van der Waals surface area contributed by atoms with Crippen LogP contribution in [0, 0.1) is 0 Å². The molecule has 10 unspecified atom stereocenters. The minimum atomic E-state index is -0.684. The zero-order valence-corrected chi connectivity index (χ0v) is 56.2. The number of ether oxygens (including phenoxy) is 4. The molecule has 4 fully saturated rings.